The fourth-order valence-corrected chi connectivity index (χ4v) is 2.38. The van der Waals surface area contributed by atoms with Crippen molar-refractivity contribution in [3.63, 3.8) is 0 Å². The molecule has 0 saturated heterocycles. The van der Waals surface area contributed by atoms with E-state index < -0.39 is 5.82 Å². The quantitative estimate of drug-likeness (QED) is 0.800. The van der Waals surface area contributed by atoms with Crippen LogP contribution in [0.5, 0.6) is 0 Å². The zero-order valence-corrected chi connectivity index (χ0v) is 9.85. The number of benzene rings is 1. The minimum atomic E-state index is -0.449. The van der Waals surface area contributed by atoms with Crippen LogP contribution in [0.15, 0.2) is 16.6 Å². The van der Waals surface area contributed by atoms with Crippen LogP contribution >= 0.6 is 15.9 Å². The van der Waals surface area contributed by atoms with Crippen molar-refractivity contribution >= 4 is 15.9 Å². The van der Waals surface area contributed by atoms with Crippen molar-refractivity contribution in [2.45, 2.75) is 25.7 Å². The Morgan fingerprint density at radius 3 is 2.73 bits per heavy atom. The second-order valence-corrected chi connectivity index (χ2v) is 4.91. The number of rotatable bonds is 2. The van der Waals surface area contributed by atoms with Crippen LogP contribution in [0.3, 0.4) is 0 Å². The fourth-order valence-electron chi connectivity index (χ4n) is 1.87. The summed E-state index contributed by atoms with van der Waals surface area (Å²) in [4.78, 5) is 0. The van der Waals surface area contributed by atoms with E-state index in [4.69, 9.17) is 5.26 Å². The molecule has 0 radical (unpaired) electrons. The molecule has 0 spiro atoms. The molecule has 1 aromatic carbocycles. The first-order chi connectivity index (χ1) is 7.20. The molecule has 3 heteroatoms. The van der Waals surface area contributed by atoms with E-state index in [9.17, 15) is 4.39 Å². The zero-order chi connectivity index (χ0) is 10.8. The maximum absolute atomic E-state index is 13.3. The van der Waals surface area contributed by atoms with Crippen molar-refractivity contribution < 1.29 is 4.39 Å². The smallest absolute Gasteiger partial charge is 0.155 e. The number of nitrogens with zero attached hydrogens (tertiary/aromatic N) is 1. The van der Waals surface area contributed by atoms with Crippen LogP contribution < -0.4 is 0 Å². The summed E-state index contributed by atoms with van der Waals surface area (Å²) in [6.07, 6.45) is 4.79. The Morgan fingerprint density at radius 2 is 2.20 bits per heavy atom. The summed E-state index contributed by atoms with van der Waals surface area (Å²) in [7, 11) is 0. The third-order valence-electron chi connectivity index (χ3n) is 2.96. The van der Waals surface area contributed by atoms with E-state index in [2.05, 4.69) is 15.9 Å². The summed E-state index contributed by atoms with van der Waals surface area (Å²) in [6, 6.07) is 5.33. The van der Waals surface area contributed by atoms with Gasteiger partial charge in [0.15, 0.2) is 5.82 Å². The molecule has 1 aromatic rings. The first kappa shape index (κ1) is 10.6. The maximum atomic E-state index is 13.3. The molecule has 0 heterocycles. The van der Waals surface area contributed by atoms with Crippen molar-refractivity contribution in [1.82, 2.24) is 0 Å². The van der Waals surface area contributed by atoms with Gasteiger partial charge in [-0.2, -0.15) is 5.26 Å². The molecular formula is C12H11BrFN. The van der Waals surface area contributed by atoms with E-state index in [1.165, 1.54) is 19.3 Å². The first-order valence-electron chi connectivity index (χ1n) is 5.08. The van der Waals surface area contributed by atoms with Gasteiger partial charge in [0.1, 0.15) is 6.07 Å². The van der Waals surface area contributed by atoms with Crippen molar-refractivity contribution in [2.75, 3.05) is 0 Å². The molecule has 1 nitrogen and oxygen atoms in total. The summed E-state index contributed by atoms with van der Waals surface area (Å²) >= 11 is 3.14. The molecule has 1 aliphatic carbocycles. The van der Waals surface area contributed by atoms with Crippen LogP contribution in [-0.2, 0) is 6.42 Å². The molecular weight excluding hydrogens is 257 g/mol. The largest absolute Gasteiger partial charge is 0.204 e. The van der Waals surface area contributed by atoms with Gasteiger partial charge in [-0.05, 0) is 46.0 Å². The lowest BCUT2D eigenvalue weighted by molar-refractivity contribution is 0.314. The first-order valence-corrected chi connectivity index (χ1v) is 5.88. The second-order valence-electron chi connectivity index (χ2n) is 4.05. The Kier molecular flexibility index (Phi) is 3.06. The van der Waals surface area contributed by atoms with Gasteiger partial charge in [-0.3, -0.25) is 0 Å². The monoisotopic (exact) mass is 267 g/mol. The summed E-state index contributed by atoms with van der Waals surface area (Å²) in [5.74, 6) is 0.281. The SMILES string of the molecule is N#Cc1cc(CC2CCC2)cc(Br)c1F. The molecule has 0 atom stereocenters. The third kappa shape index (κ3) is 2.21. The van der Waals surface area contributed by atoms with Gasteiger partial charge in [0.2, 0.25) is 0 Å². The van der Waals surface area contributed by atoms with E-state index in [1.54, 1.807) is 12.1 Å². The van der Waals surface area contributed by atoms with E-state index in [0.717, 1.165) is 17.9 Å². The summed E-state index contributed by atoms with van der Waals surface area (Å²) in [5, 5.41) is 8.76. The van der Waals surface area contributed by atoms with Crippen molar-refractivity contribution in [2.24, 2.45) is 5.92 Å². The molecule has 15 heavy (non-hydrogen) atoms. The molecule has 2 rings (SSSR count). The van der Waals surface area contributed by atoms with E-state index >= 15 is 0 Å². The van der Waals surface area contributed by atoms with Gasteiger partial charge in [-0.15, -0.1) is 0 Å². The standard InChI is InChI=1S/C12H11BrFN/c13-11-6-9(4-8-2-1-3-8)5-10(7-15)12(11)14/h5-6,8H,1-4H2. The van der Waals surface area contributed by atoms with Crippen molar-refractivity contribution in [1.29, 1.82) is 5.26 Å². The number of halogens is 2. The van der Waals surface area contributed by atoms with Crippen LogP contribution in [0.2, 0.25) is 0 Å². The van der Waals surface area contributed by atoms with Crippen LogP contribution in [0.25, 0.3) is 0 Å². The van der Waals surface area contributed by atoms with Crippen LogP contribution in [-0.4, -0.2) is 0 Å². The Morgan fingerprint density at radius 1 is 1.47 bits per heavy atom. The molecule has 0 aromatic heterocycles. The molecule has 1 fully saturated rings. The zero-order valence-electron chi connectivity index (χ0n) is 8.26. The lowest BCUT2D eigenvalue weighted by Crippen LogP contribution is -2.13. The number of nitriles is 1. The Balaban J connectivity index is 2.24. The predicted octanol–water partition coefficient (Wildman–Crippen LogP) is 3.80. The summed E-state index contributed by atoms with van der Waals surface area (Å²) < 4.78 is 13.7. The molecule has 0 bridgehead atoms. The molecule has 0 amide bonds. The molecule has 0 unspecified atom stereocenters. The average molecular weight is 268 g/mol. The van der Waals surface area contributed by atoms with Crippen molar-refractivity contribution in [3.05, 3.63) is 33.5 Å². The fraction of sp³-hybridized carbons (Fsp3) is 0.417. The van der Waals surface area contributed by atoms with Crippen molar-refractivity contribution in [3.8, 4) is 6.07 Å². The second kappa shape index (κ2) is 4.32. The Bertz CT molecular complexity index is 418. The topological polar surface area (TPSA) is 23.8 Å². The molecule has 1 saturated carbocycles. The Hall–Kier alpha value is -0.880. The summed E-state index contributed by atoms with van der Waals surface area (Å²) in [5.41, 5.74) is 1.20. The lowest BCUT2D eigenvalue weighted by Gasteiger charge is -2.25. The number of hydrogen-bond acceptors (Lipinski definition) is 1. The Labute approximate surface area is 97.0 Å². The molecule has 0 aliphatic heterocycles. The lowest BCUT2D eigenvalue weighted by atomic mass is 9.81. The van der Waals surface area contributed by atoms with Crippen LogP contribution in [0.4, 0.5) is 4.39 Å². The molecule has 78 valence electrons. The minimum Gasteiger partial charge on any atom is -0.204 e. The summed E-state index contributed by atoms with van der Waals surface area (Å²) in [6.45, 7) is 0. The van der Waals surface area contributed by atoms with E-state index in [-0.39, 0.29) is 5.56 Å². The highest BCUT2D eigenvalue weighted by Crippen LogP contribution is 2.31. The highest BCUT2D eigenvalue weighted by atomic mass is 79.9. The van der Waals surface area contributed by atoms with Gasteiger partial charge in [0, 0.05) is 0 Å². The van der Waals surface area contributed by atoms with E-state index in [0.29, 0.717) is 4.47 Å². The normalized spacial score (nSPS) is 15.8. The van der Waals surface area contributed by atoms with Gasteiger partial charge in [-0.25, -0.2) is 4.39 Å². The third-order valence-corrected chi connectivity index (χ3v) is 3.53. The average Bonchev–Trinajstić information content (AvgIpc) is 2.16. The highest BCUT2D eigenvalue weighted by Gasteiger charge is 2.19. The van der Waals surface area contributed by atoms with Gasteiger partial charge in [-0.1, -0.05) is 19.3 Å². The van der Waals surface area contributed by atoms with Crippen LogP contribution in [0, 0.1) is 23.1 Å². The molecule has 1 aliphatic rings. The predicted molar refractivity (Wildman–Crippen MR) is 59.9 cm³/mol. The van der Waals surface area contributed by atoms with E-state index in [1.807, 2.05) is 6.07 Å². The van der Waals surface area contributed by atoms with Gasteiger partial charge in [0.25, 0.3) is 0 Å². The van der Waals surface area contributed by atoms with Gasteiger partial charge >= 0.3 is 0 Å². The maximum Gasteiger partial charge on any atom is 0.155 e. The van der Waals surface area contributed by atoms with Crippen LogP contribution in [0.1, 0.15) is 30.4 Å². The minimum absolute atomic E-state index is 0.138. The van der Waals surface area contributed by atoms with Gasteiger partial charge in [0.05, 0.1) is 10.0 Å². The van der Waals surface area contributed by atoms with Gasteiger partial charge < -0.3 is 0 Å². The number of hydrogen-bond donors (Lipinski definition) is 0. The highest BCUT2D eigenvalue weighted by molar-refractivity contribution is 9.10. The molecule has 0 N–H and O–H groups in total.